The Bertz CT molecular complexity index is 1210. The molecule has 5 rings (SSSR count). The summed E-state index contributed by atoms with van der Waals surface area (Å²) in [6.45, 7) is 1.90. The molecule has 1 unspecified atom stereocenters. The standard InChI is InChI=1S/C23H24FN3O6S/c24-17-1-4-19(5-2-17)34(30,31)26-9-7-25(8-10-26)23(29)16-13-22(28)27(15-16)18-3-6-20-21(14-18)33-12-11-32-20/h1-6,14,16H,7-13,15H2. The van der Waals surface area contributed by atoms with Crippen molar-refractivity contribution >= 4 is 27.5 Å². The number of rotatable bonds is 4. The quantitative estimate of drug-likeness (QED) is 0.646. The van der Waals surface area contributed by atoms with Crippen LogP contribution in [0, 0.1) is 11.7 Å². The Kier molecular flexibility index (Phi) is 5.90. The van der Waals surface area contributed by atoms with Gasteiger partial charge in [-0.2, -0.15) is 4.31 Å². The van der Waals surface area contributed by atoms with Gasteiger partial charge in [0.05, 0.1) is 10.8 Å². The number of carbonyl (C=O) groups excluding carboxylic acids is 2. The van der Waals surface area contributed by atoms with Crippen LogP contribution in [0.4, 0.5) is 10.1 Å². The number of ether oxygens (including phenoxy) is 2. The van der Waals surface area contributed by atoms with E-state index in [0.717, 1.165) is 12.1 Å². The molecule has 0 radical (unpaired) electrons. The largest absolute Gasteiger partial charge is 0.486 e. The number of sulfonamides is 1. The third-order valence-corrected chi connectivity index (χ3v) is 8.23. The fourth-order valence-corrected chi connectivity index (χ4v) is 5.91. The van der Waals surface area contributed by atoms with Gasteiger partial charge in [0.2, 0.25) is 21.8 Å². The minimum absolute atomic E-state index is 0.0186. The fraction of sp³-hybridized carbons (Fsp3) is 0.391. The van der Waals surface area contributed by atoms with E-state index in [0.29, 0.717) is 30.4 Å². The van der Waals surface area contributed by atoms with Crippen molar-refractivity contribution in [1.29, 1.82) is 0 Å². The highest BCUT2D eigenvalue weighted by Gasteiger charge is 2.39. The van der Waals surface area contributed by atoms with Crippen LogP contribution in [0.1, 0.15) is 6.42 Å². The van der Waals surface area contributed by atoms with Crippen molar-refractivity contribution < 1.29 is 31.9 Å². The SMILES string of the molecule is O=C(C1CC(=O)N(c2ccc3c(c2)OCCO3)C1)N1CCN(S(=O)(=O)c2ccc(F)cc2)CC1. The maximum atomic E-state index is 13.2. The molecule has 0 bridgehead atoms. The molecule has 11 heteroatoms. The van der Waals surface area contributed by atoms with E-state index in [1.807, 2.05) is 0 Å². The number of anilines is 1. The van der Waals surface area contributed by atoms with Crippen molar-refractivity contribution in [2.75, 3.05) is 50.8 Å². The summed E-state index contributed by atoms with van der Waals surface area (Å²) in [5.41, 5.74) is 0.653. The average molecular weight is 490 g/mol. The van der Waals surface area contributed by atoms with Crippen molar-refractivity contribution in [2.45, 2.75) is 11.3 Å². The summed E-state index contributed by atoms with van der Waals surface area (Å²) < 4.78 is 51.2. The number of benzene rings is 2. The number of halogens is 1. The van der Waals surface area contributed by atoms with Crippen LogP contribution < -0.4 is 14.4 Å². The van der Waals surface area contributed by atoms with E-state index in [1.165, 1.54) is 16.4 Å². The van der Waals surface area contributed by atoms with Gasteiger partial charge in [0.1, 0.15) is 19.0 Å². The molecule has 2 aromatic carbocycles. The van der Waals surface area contributed by atoms with E-state index < -0.39 is 21.8 Å². The molecule has 2 saturated heterocycles. The summed E-state index contributed by atoms with van der Waals surface area (Å²) in [4.78, 5) is 29.0. The maximum absolute atomic E-state index is 13.2. The number of hydrogen-bond donors (Lipinski definition) is 0. The van der Waals surface area contributed by atoms with Crippen LogP contribution in [0.15, 0.2) is 47.4 Å². The second-order valence-corrected chi connectivity index (χ2v) is 10.4. The van der Waals surface area contributed by atoms with Gasteiger partial charge in [0, 0.05) is 50.9 Å². The van der Waals surface area contributed by atoms with Gasteiger partial charge in [-0.1, -0.05) is 0 Å². The lowest BCUT2D eigenvalue weighted by molar-refractivity contribution is -0.136. The van der Waals surface area contributed by atoms with Crippen molar-refractivity contribution in [2.24, 2.45) is 5.92 Å². The molecule has 2 amide bonds. The number of carbonyl (C=O) groups is 2. The molecule has 34 heavy (non-hydrogen) atoms. The van der Waals surface area contributed by atoms with E-state index in [4.69, 9.17) is 9.47 Å². The Balaban J connectivity index is 1.21. The van der Waals surface area contributed by atoms with Crippen LogP contribution >= 0.6 is 0 Å². The third-order valence-electron chi connectivity index (χ3n) is 6.31. The average Bonchev–Trinajstić information content (AvgIpc) is 3.25. The molecule has 2 fully saturated rings. The molecule has 0 saturated carbocycles. The van der Waals surface area contributed by atoms with Gasteiger partial charge in [0.25, 0.3) is 0 Å². The number of nitrogens with zero attached hydrogens (tertiary/aromatic N) is 3. The zero-order chi connectivity index (χ0) is 23.9. The predicted molar refractivity (Wildman–Crippen MR) is 120 cm³/mol. The minimum atomic E-state index is -3.76. The zero-order valence-corrected chi connectivity index (χ0v) is 19.2. The molecular weight excluding hydrogens is 465 g/mol. The number of hydrogen-bond acceptors (Lipinski definition) is 6. The Labute approximate surface area is 196 Å². The summed E-state index contributed by atoms with van der Waals surface area (Å²) in [7, 11) is -3.76. The highest BCUT2D eigenvalue weighted by Crippen LogP contribution is 2.36. The van der Waals surface area contributed by atoms with Crippen LogP contribution in [0.5, 0.6) is 11.5 Å². The van der Waals surface area contributed by atoms with Crippen LogP contribution in [0.2, 0.25) is 0 Å². The molecule has 0 aromatic heterocycles. The zero-order valence-electron chi connectivity index (χ0n) is 18.4. The smallest absolute Gasteiger partial charge is 0.243 e. The first kappa shape index (κ1) is 22.6. The lowest BCUT2D eigenvalue weighted by Crippen LogP contribution is -2.52. The van der Waals surface area contributed by atoms with Gasteiger partial charge in [-0.25, -0.2) is 12.8 Å². The molecule has 3 heterocycles. The Morgan fingerprint density at radius 2 is 1.62 bits per heavy atom. The molecular formula is C23H24FN3O6S. The second-order valence-electron chi connectivity index (χ2n) is 8.42. The summed E-state index contributed by atoms with van der Waals surface area (Å²) in [6, 6.07) is 9.97. The Morgan fingerprint density at radius 3 is 2.32 bits per heavy atom. The maximum Gasteiger partial charge on any atom is 0.243 e. The van der Waals surface area contributed by atoms with Gasteiger partial charge < -0.3 is 19.3 Å². The minimum Gasteiger partial charge on any atom is -0.486 e. The van der Waals surface area contributed by atoms with Crippen LogP contribution in [0.25, 0.3) is 0 Å². The first-order valence-corrected chi connectivity index (χ1v) is 12.5. The molecule has 0 spiro atoms. The Hall–Kier alpha value is -3.18. The lowest BCUT2D eigenvalue weighted by Gasteiger charge is -2.35. The molecule has 2 aromatic rings. The van der Waals surface area contributed by atoms with Crippen molar-refractivity contribution in [3.8, 4) is 11.5 Å². The highest BCUT2D eigenvalue weighted by atomic mass is 32.2. The summed E-state index contributed by atoms with van der Waals surface area (Å²) >= 11 is 0. The van der Waals surface area contributed by atoms with E-state index in [1.54, 1.807) is 28.0 Å². The van der Waals surface area contributed by atoms with Crippen LogP contribution in [0.3, 0.4) is 0 Å². The lowest BCUT2D eigenvalue weighted by atomic mass is 10.1. The molecule has 3 aliphatic heterocycles. The van der Waals surface area contributed by atoms with Crippen LogP contribution in [-0.2, 0) is 19.6 Å². The van der Waals surface area contributed by atoms with Gasteiger partial charge in [-0.15, -0.1) is 0 Å². The van der Waals surface area contributed by atoms with E-state index in [2.05, 4.69) is 0 Å². The number of fused-ring (bicyclic) bond motifs is 1. The van der Waals surface area contributed by atoms with Gasteiger partial charge >= 0.3 is 0 Å². The first-order chi connectivity index (χ1) is 16.3. The predicted octanol–water partition coefficient (Wildman–Crippen LogP) is 1.48. The summed E-state index contributed by atoms with van der Waals surface area (Å²) in [5.74, 6) is -0.112. The normalized spacial score (nSPS) is 21.1. The Morgan fingerprint density at radius 1 is 0.941 bits per heavy atom. The monoisotopic (exact) mass is 489 g/mol. The molecule has 0 aliphatic carbocycles. The summed E-state index contributed by atoms with van der Waals surface area (Å²) in [5, 5.41) is 0. The molecule has 0 N–H and O–H groups in total. The molecule has 180 valence electrons. The van der Waals surface area contributed by atoms with Crippen molar-refractivity contribution in [1.82, 2.24) is 9.21 Å². The number of piperazine rings is 1. The fourth-order valence-electron chi connectivity index (χ4n) is 4.49. The summed E-state index contributed by atoms with van der Waals surface area (Å²) in [6.07, 6.45) is 0.0986. The highest BCUT2D eigenvalue weighted by molar-refractivity contribution is 7.89. The third kappa shape index (κ3) is 4.21. The topological polar surface area (TPSA) is 96.5 Å². The van der Waals surface area contributed by atoms with Crippen molar-refractivity contribution in [3.05, 3.63) is 48.3 Å². The van der Waals surface area contributed by atoms with Crippen LogP contribution in [-0.4, -0.2) is 75.4 Å². The van der Waals surface area contributed by atoms with Gasteiger partial charge in [-0.3, -0.25) is 9.59 Å². The number of amides is 2. The van der Waals surface area contributed by atoms with Gasteiger partial charge in [-0.05, 0) is 36.4 Å². The second kappa shape index (κ2) is 8.88. The molecule has 3 aliphatic rings. The van der Waals surface area contributed by atoms with Crippen molar-refractivity contribution in [3.63, 3.8) is 0 Å². The van der Waals surface area contributed by atoms with Gasteiger partial charge in [0.15, 0.2) is 11.5 Å². The van der Waals surface area contributed by atoms with E-state index in [-0.39, 0.29) is 55.9 Å². The van der Waals surface area contributed by atoms with E-state index >= 15 is 0 Å². The molecule has 1 atom stereocenters. The first-order valence-electron chi connectivity index (χ1n) is 11.1. The van der Waals surface area contributed by atoms with E-state index in [9.17, 15) is 22.4 Å². The molecule has 9 nitrogen and oxygen atoms in total.